The van der Waals surface area contributed by atoms with E-state index < -0.39 is 0 Å². The van der Waals surface area contributed by atoms with Gasteiger partial charge in [-0.2, -0.15) is 0 Å². The molecule has 2 N–H and O–H groups in total. The van der Waals surface area contributed by atoms with Crippen LogP contribution in [0.5, 0.6) is 0 Å². The molecule has 4 nitrogen and oxygen atoms in total. The van der Waals surface area contributed by atoms with Crippen molar-refractivity contribution >= 4 is 27.5 Å². The van der Waals surface area contributed by atoms with Crippen LogP contribution in [-0.2, 0) is 0 Å². The third-order valence-electron chi connectivity index (χ3n) is 3.46. The summed E-state index contributed by atoms with van der Waals surface area (Å²) < 4.78 is 0.829. The Morgan fingerprint density at radius 3 is 2.89 bits per heavy atom. The van der Waals surface area contributed by atoms with Gasteiger partial charge in [0.25, 0.3) is 5.91 Å². The van der Waals surface area contributed by atoms with Gasteiger partial charge in [0.1, 0.15) is 0 Å². The topological polar surface area (TPSA) is 49.6 Å². The summed E-state index contributed by atoms with van der Waals surface area (Å²) in [6.45, 7) is 1.76. The molecule has 0 radical (unpaired) electrons. The number of benzene rings is 1. The minimum Gasteiger partial charge on any atom is -0.398 e. The maximum Gasteiger partial charge on any atom is 0.254 e. The first-order chi connectivity index (χ1) is 8.99. The number of anilines is 1. The molecule has 1 aliphatic rings. The van der Waals surface area contributed by atoms with E-state index in [1.54, 1.807) is 6.07 Å². The Morgan fingerprint density at radius 1 is 1.53 bits per heavy atom. The van der Waals surface area contributed by atoms with E-state index in [-0.39, 0.29) is 5.91 Å². The van der Waals surface area contributed by atoms with Crippen molar-refractivity contribution in [1.29, 1.82) is 0 Å². The van der Waals surface area contributed by atoms with Crippen LogP contribution >= 0.6 is 15.9 Å². The highest BCUT2D eigenvalue weighted by molar-refractivity contribution is 9.10. The molecule has 0 aliphatic carbocycles. The number of likely N-dealkylation sites (N-methyl/N-ethyl adjacent to an activating group) is 1. The summed E-state index contributed by atoms with van der Waals surface area (Å²) in [5, 5.41) is 0. The first-order valence-electron chi connectivity index (χ1n) is 6.50. The molecule has 0 spiro atoms. The van der Waals surface area contributed by atoms with Crippen molar-refractivity contribution in [2.24, 2.45) is 0 Å². The molecule has 1 fully saturated rings. The Hall–Kier alpha value is -1.07. The van der Waals surface area contributed by atoms with Gasteiger partial charge >= 0.3 is 0 Å². The fourth-order valence-electron chi connectivity index (χ4n) is 2.56. The third kappa shape index (κ3) is 3.28. The van der Waals surface area contributed by atoms with Crippen molar-refractivity contribution in [3.05, 3.63) is 28.2 Å². The standard InChI is InChI=1S/C14H20BrN3O/c1-17(2)9-11-4-3-7-18(11)14(19)10-5-6-12(15)13(16)8-10/h5-6,8,11H,3-4,7,9,16H2,1-2H3. The quantitative estimate of drug-likeness (QED) is 0.867. The molecule has 0 aromatic heterocycles. The van der Waals surface area contributed by atoms with Gasteiger partial charge in [-0.15, -0.1) is 0 Å². The van der Waals surface area contributed by atoms with Gasteiger partial charge in [-0.3, -0.25) is 4.79 Å². The molecule has 1 heterocycles. The van der Waals surface area contributed by atoms with Crippen LogP contribution in [0.15, 0.2) is 22.7 Å². The van der Waals surface area contributed by atoms with Gasteiger partial charge in [-0.05, 0) is 61.1 Å². The maximum absolute atomic E-state index is 12.5. The molecule has 0 bridgehead atoms. The van der Waals surface area contributed by atoms with E-state index in [0.29, 0.717) is 17.3 Å². The number of nitrogen functional groups attached to an aromatic ring is 1. The van der Waals surface area contributed by atoms with Gasteiger partial charge in [0, 0.05) is 34.9 Å². The van der Waals surface area contributed by atoms with Crippen LogP contribution in [0, 0.1) is 0 Å². The number of amides is 1. The molecule has 1 saturated heterocycles. The summed E-state index contributed by atoms with van der Waals surface area (Å²) in [6.07, 6.45) is 2.16. The number of carbonyl (C=O) groups excluding carboxylic acids is 1. The Labute approximate surface area is 122 Å². The normalized spacial score (nSPS) is 19.2. The first kappa shape index (κ1) is 14.3. The summed E-state index contributed by atoms with van der Waals surface area (Å²) in [4.78, 5) is 16.6. The molecule has 1 aliphatic heterocycles. The molecule has 2 rings (SSSR count). The number of rotatable bonds is 3. The zero-order valence-corrected chi connectivity index (χ0v) is 13.0. The zero-order valence-electron chi connectivity index (χ0n) is 11.4. The van der Waals surface area contributed by atoms with Crippen LogP contribution in [0.1, 0.15) is 23.2 Å². The van der Waals surface area contributed by atoms with Crippen molar-refractivity contribution in [2.75, 3.05) is 32.9 Å². The zero-order chi connectivity index (χ0) is 14.0. The minimum absolute atomic E-state index is 0.0866. The number of carbonyl (C=O) groups is 1. The van der Waals surface area contributed by atoms with Gasteiger partial charge in [-0.25, -0.2) is 0 Å². The van der Waals surface area contributed by atoms with Crippen LogP contribution in [0.2, 0.25) is 0 Å². The molecule has 1 aromatic carbocycles. The number of hydrogen-bond donors (Lipinski definition) is 1. The average Bonchev–Trinajstić information content (AvgIpc) is 2.79. The van der Waals surface area contributed by atoms with Crippen molar-refractivity contribution in [1.82, 2.24) is 9.80 Å². The van der Waals surface area contributed by atoms with E-state index in [4.69, 9.17) is 5.73 Å². The van der Waals surface area contributed by atoms with Crippen molar-refractivity contribution in [3.8, 4) is 0 Å². The SMILES string of the molecule is CN(C)CC1CCCN1C(=O)c1ccc(Br)c(N)c1. The Morgan fingerprint density at radius 2 is 2.26 bits per heavy atom. The third-order valence-corrected chi connectivity index (χ3v) is 4.18. The summed E-state index contributed by atoms with van der Waals surface area (Å²) >= 11 is 3.35. The Balaban J connectivity index is 2.16. The molecule has 1 aromatic rings. The lowest BCUT2D eigenvalue weighted by Gasteiger charge is -2.27. The average molecular weight is 326 g/mol. The number of halogens is 1. The van der Waals surface area contributed by atoms with Crippen LogP contribution in [-0.4, -0.2) is 48.9 Å². The molecule has 1 atom stereocenters. The highest BCUT2D eigenvalue weighted by Crippen LogP contribution is 2.24. The van der Waals surface area contributed by atoms with E-state index in [9.17, 15) is 4.79 Å². The summed E-state index contributed by atoms with van der Waals surface area (Å²) in [7, 11) is 4.08. The highest BCUT2D eigenvalue weighted by Gasteiger charge is 2.29. The lowest BCUT2D eigenvalue weighted by atomic mass is 10.1. The van der Waals surface area contributed by atoms with Crippen molar-refractivity contribution in [2.45, 2.75) is 18.9 Å². The van der Waals surface area contributed by atoms with Crippen molar-refractivity contribution < 1.29 is 4.79 Å². The second kappa shape index (κ2) is 5.92. The van der Waals surface area contributed by atoms with E-state index >= 15 is 0 Å². The predicted octanol–water partition coefficient (Wildman–Crippen LogP) is 2.20. The first-order valence-corrected chi connectivity index (χ1v) is 7.29. The molecular formula is C14H20BrN3O. The monoisotopic (exact) mass is 325 g/mol. The maximum atomic E-state index is 12.5. The fourth-order valence-corrected chi connectivity index (χ4v) is 2.80. The van der Waals surface area contributed by atoms with Crippen LogP contribution in [0.4, 0.5) is 5.69 Å². The van der Waals surface area contributed by atoms with Crippen molar-refractivity contribution in [3.63, 3.8) is 0 Å². The predicted molar refractivity (Wildman–Crippen MR) is 81.2 cm³/mol. The van der Waals surface area contributed by atoms with Crippen LogP contribution < -0.4 is 5.73 Å². The highest BCUT2D eigenvalue weighted by atomic mass is 79.9. The van der Waals surface area contributed by atoms with Crippen LogP contribution in [0.25, 0.3) is 0 Å². The van der Waals surface area contributed by atoms with Gasteiger partial charge in [0.2, 0.25) is 0 Å². The molecule has 19 heavy (non-hydrogen) atoms. The minimum atomic E-state index is 0.0866. The molecule has 1 unspecified atom stereocenters. The second-order valence-corrected chi connectivity index (χ2v) is 6.15. The second-order valence-electron chi connectivity index (χ2n) is 5.29. The largest absolute Gasteiger partial charge is 0.398 e. The molecule has 5 heteroatoms. The Kier molecular flexibility index (Phi) is 4.47. The fraction of sp³-hybridized carbons (Fsp3) is 0.500. The van der Waals surface area contributed by atoms with Gasteiger partial charge in [0.05, 0.1) is 0 Å². The Bertz CT molecular complexity index is 476. The smallest absolute Gasteiger partial charge is 0.254 e. The van der Waals surface area contributed by atoms with E-state index in [1.165, 1.54) is 0 Å². The summed E-state index contributed by atoms with van der Waals surface area (Å²) in [5.41, 5.74) is 7.12. The molecule has 0 saturated carbocycles. The molecule has 1 amide bonds. The lowest BCUT2D eigenvalue weighted by Crippen LogP contribution is -2.41. The van der Waals surface area contributed by atoms with Gasteiger partial charge in [-0.1, -0.05) is 0 Å². The van der Waals surface area contributed by atoms with E-state index in [0.717, 1.165) is 30.4 Å². The number of nitrogens with zero attached hydrogens (tertiary/aromatic N) is 2. The molecular weight excluding hydrogens is 306 g/mol. The number of hydrogen-bond acceptors (Lipinski definition) is 3. The van der Waals surface area contributed by atoms with Gasteiger partial charge in [0.15, 0.2) is 0 Å². The number of likely N-dealkylation sites (tertiary alicyclic amines) is 1. The molecule has 104 valence electrons. The van der Waals surface area contributed by atoms with Crippen LogP contribution in [0.3, 0.4) is 0 Å². The van der Waals surface area contributed by atoms with E-state index in [2.05, 4.69) is 20.8 Å². The lowest BCUT2D eigenvalue weighted by molar-refractivity contribution is 0.0716. The summed E-state index contributed by atoms with van der Waals surface area (Å²) in [5.74, 6) is 0.0866. The summed E-state index contributed by atoms with van der Waals surface area (Å²) in [6, 6.07) is 5.72. The number of nitrogens with two attached hydrogens (primary N) is 1. The van der Waals surface area contributed by atoms with E-state index in [1.807, 2.05) is 31.1 Å². The van der Waals surface area contributed by atoms with Gasteiger partial charge < -0.3 is 15.5 Å².